The Morgan fingerprint density at radius 2 is 1.13 bits per heavy atom. The molecule has 8 rings (SSSR count). The van der Waals surface area contributed by atoms with Crippen molar-refractivity contribution in [3.05, 3.63) is 110 Å². The molecule has 4 amide bonds. The number of piperazine rings is 2. The quantitative estimate of drug-likeness (QED) is 0.120. The maximum absolute atomic E-state index is 13.5. The van der Waals surface area contributed by atoms with Gasteiger partial charge in [0, 0.05) is 88.9 Å². The summed E-state index contributed by atoms with van der Waals surface area (Å²) in [6.07, 6.45) is 7.13. The minimum Gasteiger partial charge on any atom is -0.493 e. The van der Waals surface area contributed by atoms with Gasteiger partial charge in [-0.1, -0.05) is 59.1 Å². The van der Waals surface area contributed by atoms with Crippen LogP contribution in [0.3, 0.4) is 0 Å². The normalized spacial score (nSPS) is 18.9. The summed E-state index contributed by atoms with van der Waals surface area (Å²) in [5.74, 6) is 0.963. The molecule has 17 heteroatoms. The van der Waals surface area contributed by atoms with Crippen molar-refractivity contribution < 1.29 is 23.5 Å². The van der Waals surface area contributed by atoms with E-state index < -0.39 is 5.82 Å². The van der Waals surface area contributed by atoms with Crippen LogP contribution in [0.2, 0.25) is 15.3 Å². The van der Waals surface area contributed by atoms with E-state index in [-0.39, 0.29) is 39.5 Å². The molecule has 0 bridgehead atoms. The number of pyridine rings is 1. The fourth-order valence-electron chi connectivity index (χ4n) is 9.75. The van der Waals surface area contributed by atoms with Crippen LogP contribution in [0.15, 0.2) is 66.7 Å². The van der Waals surface area contributed by atoms with Crippen LogP contribution >= 0.6 is 34.8 Å². The maximum Gasteiger partial charge on any atom is 0.322 e. The van der Waals surface area contributed by atoms with Crippen LogP contribution in [0.25, 0.3) is 0 Å². The van der Waals surface area contributed by atoms with E-state index in [0.29, 0.717) is 30.2 Å². The van der Waals surface area contributed by atoms with Crippen LogP contribution in [0, 0.1) is 5.82 Å². The molecule has 0 saturated carbocycles. The van der Waals surface area contributed by atoms with Crippen LogP contribution in [0.5, 0.6) is 11.5 Å². The molecule has 2 N–H and O–H groups in total. The lowest BCUT2D eigenvalue weighted by molar-refractivity contribution is 0.140. The zero-order chi connectivity index (χ0) is 48.2. The second-order valence-corrected chi connectivity index (χ2v) is 19.6. The van der Waals surface area contributed by atoms with Gasteiger partial charge < -0.3 is 49.5 Å². The highest BCUT2D eigenvalue weighted by molar-refractivity contribution is 6.33. The van der Waals surface area contributed by atoms with E-state index in [4.69, 9.17) is 44.3 Å². The molecule has 2 fully saturated rings. The van der Waals surface area contributed by atoms with Crippen LogP contribution in [0.1, 0.15) is 47.9 Å². The molecule has 13 nitrogen and oxygen atoms in total. The SMILES string of the molecule is CN1CCN(CCCN(C(=O)Nc2ccc(F)c(Cl)c2)C2CCc3ccccc3C2)CC1.COc1cc2c(cc1OC)CC(N(CCCN1CCN(C)CC1)C(=O)Nc1cc(Cl)nc(Cl)c1)CC2. The Bertz CT molecular complexity index is 2290. The second-order valence-electron chi connectivity index (χ2n) is 18.4. The smallest absolute Gasteiger partial charge is 0.322 e. The topological polar surface area (TPSA) is 109 Å². The average molecular weight is 996 g/mol. The zero-order valence-electron chi connectivity index (χ0n) is 39.9. The van der Waals surface area contributed by atoms with Crippen molar-refractivity contribution in [3.8, 4) is 11.5 Å². The number of benzene rings is 3. The van der Waals surface area contributed by atoms with Crippen LogP contribution in [-0.4, -0.2) is 165 Å². The fourth-order valence-corrected chi connectivity index (χ4v) is 10.4. The number of carbonyl (C=O) groups is 2. The number of anilines is 2. The Hall–Kier alpha value is -4.41. The summed E-state index contributed by atoms with van der Waals surface area (Å²) >= 11 is 18.0. The number of hydrogen-bond acceptors (Lipinski definition) is 9. The minimum absolute atomic E-state index is 0.0102. The van der Waals surface area contributed by atoms with Gasteiger partial charge in [0.05, 0.1) is 19.2 Å². The number of nitrogens with zero attached hydrogens (tertiary/aromatic N) is 7. The van der Waals surface area contributed by atoms with E-state index in [9.17, 15) is 14.0 Å². The van der Waals surface area contributed by atoms with Crippen molar-refractivity contribution in [1.29, 1.82) is 0 Å². The standard InChI is InChI=1S/C26H35Cl2N5O3.C25H32ClFN4O/c1-31-9-11-32(12-10-31)7-4-8-33(26(34)29-20-16-24(27)30-25(28)17-20)21-6-5-18-14-22(35-2)23(36-3)15-19(18)13-21;1-29-13-15-30(16-14-29)11-4-12-31(22-9-7-19-5-2-3-6-20(19)17-22)25(32)28-21-8-10-24(27)23(26)18-21/h14-17,21H,4-13H2,1-3H3,(H,29,30,34);2-3,5-6,8,10,18,22H,4,7,9,11-17H2,1H3,(H,28,32). The Balaban J connectivity index is 0.000000203. The van der Waals surface area contributed by atoms with Crippen molar-refractivity contribution >= 4 is 58.2 Å². The number of halogens is 4. The maximum atomic E-state index is 13.5. The molecule has 2 aliphatic heterocycles. The predicted molar refractivity (Wildman–Crippen MR) is 272 cm³/mol. The molecule has 68 heavy (non-hydrogen) atoms. The predicted octanol–water partition coefficient (Wildman–Crippen LogP) is 8.94. The van der Waals surface area contributed by atoms with Gasteiger partial charge in [-0.2, -0.15) is 0 Å². The Morgan fingerprint density at radius 3 is 1.66 bits per heavy atom. The molecule has 2 aliphatic carbocycles. The van der Waals surface area contributed by atoms with Gasteiger partial charge in [0.25, 0.3) is 0 Å². The molecule has 0 spiro atoms. The first-order valence-electron chi connectivity index (χ1n) is 23.9. The number of methoxy groups -OCH3 is 2. The molecular formula is C51H67Cl3FN9O4. The van der Waals surface area contributed by atoms with Crippen molar-refractivity contribution in [1.82, 2.24) is 34.4 Å². The number of hydrogen-bond donors (Lipinski definition) is 2. The van der Waals surface area contributed by atoms with Gasteiger partial charge in [0.1, 0.15) is 16.1 Å². The van der Waals surface area contributed by atoms with Gasteiger partial charge in [-0.25, -0.2) is 19.0 Å². The average Bonchev–Trinajstić information content (AvgIpc) is 3.33. The molecule has 4 aliphatic rings. The second kappa shape index (κ2) is 24.9. The van der Waals surface area contributed by atoms with Gasteiger partial charge in [-0.15, -0.1) is 0 Å². The molecule has 3 aromatic carbocycles. The molecule has 2 saturated heterocycles. The lowest BCUT2D eigenvalue weighted by atomic mass is 9.87. The third-order valence-corrected chi connectivity index (χ3v) is 14.4. The fraction of sp³-hybridized carbons (Fsp3) is 0.510. The summed E-state index contributed by atoms with van der Waals surface area (Å²) in [4.78, 5) is 44.4. The number of carbonyl (C=O) groups excluding carboxylic acids is 2. The summed E-state index contributed by atoms with van der Waals surface area (Å²) < 4.78 is 24.5. The zero-order valence-corrected chi connectivity index (χ0v) is 42.2. The number of fused-ring (bicyclic) bond motifs is 2. The summed E-state index contributed by atoms with van der Waals surface area (Å²) in [5.41, 5.74) is 6.20. The molecule has 368 valence electrons. The largest absolute Gasteiger partial charge is 0.493 e. The van der Waals surface area contributed by atoms with Crippen LogP contribution in [-0.2, 0) is 25.7 Å². The number of aromatic nitrogens is 1. The highest BCUT2D eigenvalue weighted by Crippen LogP contribution is 2.36. The summed E-state index contributed by atoms with van der Waals surface area (Å²) in [6.45, 7) is 12.0. The third-order valence-electron chi connectivity index (χ3n) is 13.8. The van der Waals surface area contributed by atoms with Gasteiger partial charge in [0.2, 0.25) is 0 Å². The van der Waals surface area contributed by atoms with Crippen LogP contribution in [0.4, 0.5) is 25.4 Å². The lowest BCUT2D eigenvalue weighted by Gasteiger charge is -2.37. The van der Waals surface area contributed by atoms with E-state index in [1.165, 1.54) is 34.4 Å². The monoisotopic (exact) mass is 993 g/mol. The van der Waals surface area contributed by atoms with E-state index in [0.717, 1.165) is 123 Å². The highest BCUT2D eigenvalue weighted by Gasteiger charge is 2.31. The third kappa shape index (κ3) is 14.3. The summed E-state index contributed by atoms with van der Waals surface area (Å²) in [7, 11) is 7.62. The van der Waals surface area contributed by atoms with Crippen molar-refractivity contribution in [2.75, 3.05) is 117 Å². The van der Waals surface area contributed by atoms with Gasteiger partial charge in [-0.05, 0) is 143 Å². The number of nitrogens with one attached hydrogen (secondary N) is 2. The molecule has 0 radical (unpaired) electrons. The van der Waals surface area contributed by atoms with Gasteiger partial charge >= 0.3 is 12.1 Å². The van der Waals surface area contributed by atoms with E-state index in [1.54, 1.807) is 32.4 Å². The molecule has 1 aromatic heterocycles. The van der Waals surface area contributed by atoms with E-state index in [1.807, 2.05) is 15.9 Å². The van der Waals surface area contributed by atoms with Gasteiger partial charge in [0.15, 0.2) is 11.5 Å². The lowest BCUT2D eigenvalue weighted by Crippen LogP contribution is -2.48. The Labute approximate surface area is 416 Å². The first kappa shape index (κ1) is 51.4. The number of rotatable bonds is 14. The Morgan fingerprint density at radius 1 is 0.647 bits per heavy atom. The summed E-state index contributed by atoms with van der Waals surface area (Å²) in [6, 6.07) is 20.1. The number of ether oxygens (including phenoxy) is 2. The molecule has 4 aromatic rings. The van der Waals surface area contributed by atoms with Crippen molar-refractivity contribution in [3.63, 3.8) is 0 Å². The molecular weight excluding hydrogens is 928 g/mol. The minimum atomic E-state index is -0.488. The van der Waals surface area contributed by atoms with E-state index in [2.05, 4.69) is 79.6 Å². The van der Waals surface area contributed by atoms with Crippen molar-refractivity contribution in [2.45, 2.75) is 63.5 Å². The molecule has 3 heterocycles. The number of amides is 4. The highest BCUT2D eigenvalue weighted by atomic mass is 35.5. The Kier molecular flexibility index (Phi) is 18.9. The first-order valence-corrected chi connectivity index (χ1v) is 25.0. The van der Waals surface area contributed by atoms with E-state index >= 15 is 0 Å². The number of likely N-dealkylation sites (N-methyl/N-ethyl adjacent to an activating group) is 2. The number of urea groups is 2. The van der Waals surface area contributed by atoms with Crippen molar-refractivity contribution in [2.24, 2.45) is 0 Å². The molecule has 2 unspecified atom stereocenters. The van der Waals surface area contributed by atoms with Gasteiger partial charge in [-0.3, -0.25) is 0 Å². The van der Waals surface area contributed by atoms with Crippen LogP contribution < -0.4 is 20.1 Å². The first-order chi connectivity index (χ1) is 32.8. The molecule has 2 atom stereocenters. The number of aryl methyl sites for hydroxylation is 2. The summed E-state index contributed by atoms with van der Waals surface area (Å²) in [5, 5.41) is 6.43.